The Balaban J connectivity index is 1.47. The highest BCUT2D eigenvalue weighted by atomic mass is 16.1. The van der Waals surface area contributed by atoms with Gasteiger partial charge in [0.05, 0.1) is 6.21 Å². The van der Waals surface area contributed by atoms with Crippen LogP contribution in [-0.4, -0.2) is 34.5 Å². The first-order valence-electron chi connectivity index (χ1n) is 10.9. The third-order valence-corrected chi connectivity index (χ3v) is 5.95. The van der Waals surface area contributed by atoms with Crippen LogP contribution < -0.4 is 11.1 Å². The maximum absolute atomic E-state index is 13.5. The lowest BCUT2D eigenvalue weighted by atomic mass is 9.94. The second-order valence-corrected chi connectivity index (χ2v) is 8.12. The number of rotatable bonds is 6. The molecule has 0 aliphatic carbocycles. The fraction of sp³-hybridized carbons (Fsp3) is 0.111. The van der Waals surface area contributed by atoms with Gasteiger partial charge < -0.3 is 11.1 Å². The van der Waals surface area contributed by atoms with E-state index in [1.165, 1.54) is 5.56 Å². The molecule has 1 atom stereocenters. The van der Waals surface area contributed by atoms with E-state index in [1.54, 1.807) is 41.4 Å². The minimum Gasteiger partial charge on any atom is -0.366 e. The number of fused-ring (bicyclic) bond motifs is 1. The van der Waals surface area contributed by atoms with Gasteiger partial charge in [0.25, 0.3) is 0 Å². The fourth-order valence-electron chi connectivity index (χ4n) is 4.28. The summed E-state index contributed by atoms with van der Waals surface area (Å²) in [6.45, 7) is 0.771. The van der Waals surface area contributed by atoms with Crippen molar-refractivity contribution < 1.29 is 9.59 Å². The Hall–Kier alpha value is -4.36. The second kappa shape index (κ2) is 8.88. The molecule has 1 amide bonds. The summed E-state index contributed by atoms with van der Waals surface area (Å²) < 4.78 is 1.69. The van der Waals surface area contributed by atoms with Crippen LogP contribution in [0.15, 0.2) is 84.1 Å². The Labute approximate surface area is 197 Å². The molecule has 0 spiro atoms. The summed E-state index contributed by atoms with van der Waals surface area (Å²) in [6, 6.07) is 22.3. The predicted octanol–water partition coefficient (Wildman–Crippen LogP) is 3.71. The summed E-state index contributed by atoms with van der Waals surface area (Å²) in [6.07, 6.45) is 3.20. The molecular weight excluding hydrogens is 426 g/mol. The van der Waals surface area contributed by atoms with Crippen LogP contribution in [0.3, 0.4) is 0 Å². The van der Waals surface area contributed by atoms with Crippen LogP contribution in [0.1, 0.15) is 43.7 Å². The van der Waals surface area contributed by atoms with E-state index in [2.05, 4.69) is 27.4 Å². The van der Waals surface area contributed by atoms with Crippen LogP contribution in [0.5, 0.6) is 0 Å². The van der Waals surface area contributed by atoms with E-state index in [1.807, 2.05) is 43.4 Å². The minimum absolute atomic E-state index is 0.150. The molecule has 5 rings (SSSR count). The number of nitrogens with two attached hydrogens (primary N) is 1. The van der Waals surface area contributed by atoms with Gasteiger partial charge in [-0.1, -0.05) is 54.6 Å². The largest absolute Gasteiger partial charge is 0.366 e. The SMILES string of the molecule is CNCc1ccccc1-c1ccc(C2N=Cc3ncn(-c4cccc(C(N)=O)c4)c3C2=O)cc1. The van der Waals surface area contributed by atoms with Gasteiger partial charge in [0.1, 0.15) is 23.8 Å². The van der Waals surface area contributed by atoms with Gasteiger partial charge in [0, 0.05) is 17.8 Å². The predicted molar refractivity (Wildman–Crippen MR) is 131 cm³/mol. The zero-order chi connectivity index (χ0) is 23.7. The molecule has 7 heteroatoms. The number of aromatic nitrogens is 2. The van der Waals surface area contributed by atoms with E-state index in [0.29, 0.717) is 22.6 Å². The zero-order valence-electron chi connectivity index (χ0n) is 18.6. The Morgan fingerprint density at radius 2 is 1.85 bits per heavy atom. The minimum atomic E-state index is -0.663. The standard InChI is InChI=1S/C27H23N5O2/c1-29-14-20-5-2-3-8-22(20)17-9-11-18(12-10-17)24-26(33)25-23(15-30-24)31-16-32(25)21-7-4-6-19(13-21)27(28)34/h2-13,15-16,24,29H,14H2,1H3,(H2,28,34). The number of nitrogens with zero attached hydrogens (tertiary/aromatic N) is 3. The molecule has 4 aromatic rings. The maximum Gasteiger partial charge on any atom is 0.248 e. The molecule has 7 nitrogen and oxygen atoms in total. The van der Waals surface area contributed by atoms with Gasteiger partial charge in [0.15, 0.2) is 0 Å². The Morgan fingerprint density at radius 1 is 1.06 bits per heavy atom. The molecule has 0 fully saturated rings. The van der Waals surface area contributed by atoms with Gasteiger partial charge in [-0.25, -0.2) is 4.98 Å². The van der Waals surface area contributed by atoms with Gasteiger partial charge >= 0.3 is 0 Å². The number of primary amides is 1. The number of hydrogen-bond donors (Lipinski definition) is 2. The molecule has 1 unspecified atom stereocenters. The zero-order valence-corrected chi connectivity index (χ0v) is 18.6. The lowest BCUT2D eigenvalue weighted by Gasteiger charge is -2.18. The number of imidazole rings is 1. The monoisotopic (exact) mass is 449 g/mol. The average molecular weight is 450 g/mol. The van der Waals surface area contributed by atoms with Crippen LogP contribution in [-0.2, 0) is 6.54 Å². The van der Waals surface area contributed by atoms with E-state index in [-0.39, 0.29) is 5.78 Å². The van der Waals surface area contributed by atoms with Crippen LogP contribution >= 0.6 is 0 Å². The highest BCUT2D eigenvalue weighted by Crippen LogP contribution is 2.31. The van der Waals surface area contributed by atoms with Crippen molar-refractivity contribution in [3.05, 3.63) is 107 Å². The van der Waals surface area contributed by atoms with Gasteiger partial charge in [-0.15, -0.1) is 0 Å². The lowest BCUT2D eigenvalue weighted by molar-refractivity contribution is 0.0952. The molecule has 2 heterocycles. The van der Waals surface area contributed by atoms with Crippen molar-refractivity contribution in [3.63, 3.8) is 0 Å². The summed E-state index contributed by atoms with van der Waals surface area (Å²) in [5.74, 6) is -0.680. The van der Waals surface area contributed by atoms with E-state index < -0.39 is 11.9 Å². The highest BCUT2D eigenvalue weighted by Gasteiger charge is 2.31. The van der Waals surface area contributed by atoms with Crippen molar-refractivity contribution >= 4 is 17.9 Å². The maximum atomic E-state index is 13.5. The summed E-state index contributed by atoms with van der Waals surface area (Å²) in [5, 5.41) is 3.20. The van der Waals surface area contributed by atoms with Crippen molar-refractivity contribution in [2.75, 3.05) is 7.05 Å². The first-order valence-corrected chi connectivity index (χ1v) is 10.9. The van der Waals surface area contributed by atoms with Crippen molar-refractivity contribution in [1.82, 2.24) is 14.9 Å². The number of amides is 1. The molecule has 34 heavy (non-hydrogen) atoms. The quantitative estimate of drug-likeness (QED) is 0.468. The van der Waals surface area contributed by atoms with Crippen LogP contribution in [0.25, 0.3) is 16.8 Å². The summed E-state index contributed by atoms with van der Waals surface area (Å²) >= 11 is 0. The van der Waals surface area contributed by atoms with Crippen LogP contribution in [0, 0.1) is 0 Å². The number of Topliss-reactive ketones (excluding diaryl/α,β-unsaturated/α-hetero) is 1. The first-order chi connectivity index (χ1) is 16.6. The molecule has 0 saturated carbocycles. The molecular formula is C27H23N5O2. The number of hydrogen-bond acceptors (Lipinski definition) is 5. The average Bonchev–Trinajstić information content (AvgIpc) is 3.30. The molecule has 0 saturated heterocycles. The molecule has 1 aromatic heterocycles. The summed E-state index contributed by atoms with van der Waals surface area (Å²) in [4.78, 5) is 33.9. The number of nitrogens with one attached hydrogen (secondary N) is 1. The fourth-order valence-corrected chi connectivity index (χ4v) is 4.28. The van der Waals surface area contributed by atoms with Crippen molar-refractivity contribution in [3.8, 4) is 16.8 Å². The molecule has 168 valence electrons. The van der Waals surface area contributed by atoms with Crippen molar-refractivity contribution in [2.24, 2.45) is 10.7 Å². The third-order valence-electron chi connectivity index (χ3n) is 5.95. The lowest BCUT2D eigenvalue weighted by Crippen LogP contribution is -2.21. The Bertz CT molecular complexity index is 1420. The number of carbonyl (C=O) groups is 2. The van der Waals surface area contributed by atoms with Gasteiger partial charge in [-0.05, 0) is 47.5 Å². The number of aliphatic imine (C=N–C) groups is 1. The number of carbonyl (C=O) groups excluding carboxylic acids is 2. The Kier molecular flexibility index (Phi) is 5.61. The van der Waals surface area contributed by atoms with Gasteiger partial charge in [0.2, 0.25) is 11.7 Å². The van der Waals surface area contributed by atoms with Crippen molar-refractivity contribution in [2.45, 2.75) is 12.6 Å². The molecule has 0 bridgehead atoms. The second-order valence-electron chi connectivity index (χ2n) is 8.12. The van der Waals surface area contributed by atoms with E-state index in [4.69, 9.17) is 5.73 Å². The number of benzene rings is 3. The van der Waals surface area contributed by atoms with Crippen molar-refractivity contribution in [1.29, 1.82) is 0 Å². The molecule has 0 radical (unpaired) electrons. The van der Waals surface area contributed by atoms with E-state index in [0.717, 1.165) is 23.2 Å². The molecule has 3 aromatic carbocycles. The van der Waals surface area contributed by atoms with Gasteiger partial charge in [-0.3, -0.25) is 19.1 Å². The van der Waals surface area contributed by atoms with Gasteiger partial charge in [-0.2, -0.15) is 0 Å². The highest BCUT2D eigenvalue weighted by molar-refractivity contribution is 6.08. The molecule has 1 aliphatic heterocycles. The number of ketones is 1. The smallest absolute Gasteiger partial charge is 0.248 e. The third kappa shape index (κ3) is 3.82. The normalized spacial score (nSPS) is 14.7. The van der Waals surface area contributed by atoms with E-state index in [9.17, 15) is 9.59 Å². The van der Waals surface area contributed by atoms with Crippen LogP contribution in [0.2, 0.25) is 0 Å². The molecule has 1 aliphatic rings. The topological polar surface area (TPSA) is 102 Å². The summed E-state index contributed by atoms with van der Waals surface area (Å²) in [7, 11) is 1.93. The first kappa shape index (κ1) is 21.5. The van der Waals surface area contributed by atoms with E-state index >= 15 is 0 Å². The van der Waals surface area contributed by atoms with Crippen LogP contribution in [0.4, 0.5) is 0 Å². The summed E-state index contributed by atoms with van der Waals surface area (Å²) in [5.41, 5.74) is 11.6. The molecule has 3 N–H and O–H groups in total. The Morgan fingerprint density at radius 3 is 2.62 bits per heavy atom.